The van der Waals surface area contributed by atoms with Crippen LogP contribution in [-0.2, 0) is 0 Å². The van der Waals surface area contributed by atoms with E-state index in [1.807, 2.05) is 32.0 Å². The van der Waals surface area contributed by atoms with Crippen molar-refractivity contribution >= 4 is 23.2 Å². The number of halogens is 1. The number of nitrogens with zero attached hydrogens (tertiary/aromatic N) is 3. The number of rotatable bonds is 4. The number of ketones is 1. The number of benzene rings is 1. The molecule has 1 aromatic heterocycles. The molecule has 1 fully saturated rings. The van der Waals surface area contributed by atoms with E-state index in [-0.39, 0.29) is 11.7 Å². The molecular weight excluding hydrogens is 338 g/mol. The molecule has 0 radical (unpaired) electrons. The molecule has 6 heteroatoms. The molecular formula is C19H22ClN3O2. The topological polar surface area (TPSA) is 55.3 Å². The third-order valence-electron chi connectivity index (χ3n) is 4.68. The number of aryl methyl sites for hydroxylation is 2. The summed E-state index contributed by atoms with van der Waals surface area (Å²) in [5.41, 5.74) is 2.73. The predicted octanol–water partition coefficient (Wildman–Crippen LogP) is 3.85. The highest BCUT2D eigenvalue weighted by atomic mass is 35.5. The van der Waals surface area contributed by atoms with Gasteiger partial charge in [0.15, 0.2) is 16.8 Å². The van der Waals surface area contributed by atoms with Gasteiger partial charge in [0.05, 0.1) is 7.11 Å². The summed E-state index contributed by atoms with van der Waals surface area (Å²) < 4.78 is 5.39. The summed E-state index contributed by atoms with van der Waals surface area (Å²) >= 11 is 5.81. The molecule has 0 unspecified atom stereocenters. The number of Topliss-reactive ketones (excluding diaryl/α,β-unsaturated/α-hetero) is 1. The summed E-state index contributed by atoms with van der Waals surface area (Å²) in [6.45, 7) is 5.47. The van der Waals surface area contributed by atoms with E-state index in [4.69, 9.17) is 16.3 Å². The van der Waals surface area contributed by atoms with Crippen molar-refractivity contribution in [2.24, 2.45) is 5.92 Å². The Kier molecular flexibility index (Phi) is 5.23. The van der Waals surface area contributed by atoms with Crippen molar-refractivity contribution in [2.45, 2.75) is 26.7 Å². The first-order valence-corrected chi connectivity index (χ1v) is 8.81. The zero-order valence-electron chi connectivity index (χ0n) is 14.8. The van der Waals surface area contributed by atoms with E-state index >= 15 is 0 Å². The molecule has 1 aliphatic heterocycles. The van der Waals surface area contributed by atoms with Crippen LogP contribution in [0.3, 0.4) is 0 Å². The number of piperidine rings is 1. The SMILES string of the molecule is COc1c(C)cc(C(=O)[C@@H]2CCCN(c3ccc(Cl)nn3)C2)cc1C. The second-order valence-electron chi connectivity index (χ2n) is 6.51. The van der Waals surface area contributed by atoms with E-state index < -0.39 is 0 Å². The molecule has 2 heterocycles. The largest absolute Gasteiger partial charge is 0.496 e. The molecule has 0 aliphatic carbocycles. The molecule has 0 bridgehead atoms. The van der Waals surface area contributed by atoms with Crippen molar-refractivity contribution in [3.63, 3.8) is 0 Å². The zero-order valence-corrected chi connectivity index (χ0v) is 15.5. The average molecular weight is 360 g/mol. The molecule has 1 saturated heterocycles. The third kappa shape index (κ3) is 3.76. The van der Waals surface area contributed by atoms with E-state index in [0.29, 0.717) is 11.7 Å². The van der Waals surface area contributed by atoms with Crippen molar-refractivity contribution in [3.8, 4) is 5.75 Å². The van der Waals surface area contributed by atoms with E-state index in [1.54, 1.807) is 13.2 Å². The van der Waals surface area contributed by atoms with Gasteiger partial charge in [0.1, 0.15) is 5.75 Å². The Morgan fingerprint density at radius 2 is 1.96 bits per heavy atom. The molecule has 0 spiro atoms. The van der Waals surface area contributed by atoms with Crippen molar-refractivity contribution in [1.82, 2.24) is 10.2 Å². The molecule has 0 amide bonds. The number of anilines is 1. The van der Waals surface area contributed by atoms with Crippen LogP contribution < -0.4 is 9.64 Å². The summed E-state index contributed by atoms with van der Waals surface area (Å²) in [6.07, 6.45) is 1.84. The van der Waals surface area contributed by atoms with Crippen LogP contribution in [0.15, 0.2) is 24.3 Å². The van der Waals surface area contributed by atoms with Gasteiger partial charge < -0.3 is 9.64 Å². The summed E-state index contributed by atoms with van der Waals surface area (Å²) in [7, 11) is 1.66. The van der Waals surface area contributed by atoms with Crippen molar-refractivity contribution in [3.05, 3.63) is 46.1 Å². The van der Waals surface area contributed by atoms with Gasteiger partial charge in [-0.05, 0) is 62.1 Å². The maximum atomic E-state index is 13.0. The van der Waals surface area contributed by atoms with Gasteiger partial charge in [-0.2, -0.15) is 0 Å². The standard InChI is InChI=1S/C19H22ClN3O2/c1-12-9-15(10-13(2)19(12)25-3)18(24)14-5-4-8-23(11-14)17-7-6-16(20)21-22-17/h6-7,9-10,14H,4-5,8,11H2,1-3H3/t14-/m1/s1. The first kappa shape index (κ1) is 17.7. The summed E-state index contributed by atoms with van der Waals surface area (Å²) in [5.74, 6) is 1.75. The minimum absolute atomic E-state index is 0.0431. The van der Waals surface area contributed by atoms with E-state index in [1.165, 1.54) is 0 Å². The molecule has 1 atom stereocenters. The monoisotopic (exact) mass is 359 g/mol. The molecule has 132 valence electrons. The van der Waals surface area contributed by atoms with Crippen molar-refractivity contribution in [2.75, 3.05) is 25.1 Å². The van der Waals surface area contributed by atoms with Gasteiger partial charge in [-0.15, -0.1) is 10.2 Å². The second kappa shape index (κ2) is 7.40. The highest BCUT2D eigenvalue weighted by Gasteiger charge is 2.28. The average Bonchev–Trinajstić information content (AvgIpc) is 2.61. The lowest BCUT2D eigenvalue weighted by molar-refractivity contribution is 0.0907. The van der Waals surface area contributed by atoms with Crippen LogP contribution in [-0.4, -0.2) is 36.2 Å². The van der Waals surface area contributed by atoms with Crippen molar-refractivity contribution < 1.29 is 9.53 Å². The predicted molar refractivity (Wildman–Crippen MR) is 98.8 cm³/mol. The molecule has 3 rings (SSSR count). The Balaban J connectivity index is 1.79. The van der Waals surface area contributed by atoms with Crippen LogP contribution in [0.1, 0.15) is 34.3 Å². The number of hydrogen-bond acceptors (Lipinski definition) is 5. The van der Waals surface area contributed by atoms with E-state index in [0.717, 1.165) is 47.6 Å². The normalized spacial score (nSPS) is 17.4. The fourth-order valence-electron chi connectivity index (χ4n) is 3.53. The Morgan fingerprint density at radius 1 is 1.24 bits per heavy atom. The number of methoxy groups -OCH3 is 1. The van der Waals surface area contributed by atoms with Gasteiger partial charge in [0, 0.05) is 24.6 Å². The second-order valence-corrected chi connectivity index (χ2v) is 6.89. The molecule has 1 aliphatic rings. The van der Waals surface area contributed by atoms with Crippen LogP contribution >= 0.6 is 11.6 Å². The number of carbonyl (C=O) groups is 1. The molecule has 0 N–H and O–H groups in total. The highest BCUT2D eigenvalue weighted by Crippen LogP contribution is 2.28. The van der Waals surface area contributed by atoms with Gasteiger partial charge in [-0.3, -0.25) is 4.79 Å². The van der Waals surface area contributed by atoms with E-state index in [9.17, 15) is 4.79 Å². The van der Waals surface area contributed by atoms with Crippen LogP contribution in [0.5, 0.6) is 5.75 Å². The van der Waals surface area contributed by atoms with Gasteiger partial charge in [0.25, 0.3) is 0 Å². The smallest absolute Gasteiger partial charge is 0.167 e. The summed E-state index contributed by atoms with van der Waals surface area (Å²) in [6, 6.07) is 7.43. The number of carbonyl (C=O) groups excluding carboxylic acids is 1. The van der Waals surface area contributed by atoms with Gasteiger partial charge in [-0.1, -0.05) is 11.6 Å². The number of ether oxygens (including phenoxy) is 1. The lowest BCUT2D eigenvalue weighted by atomic mass is 9.88. The molecule has 1 aromatic carbocycles. The molecule has 25 heavy (non-hydrogen) atoms. The lowest BCUT2D eigenvalue weighted by Crippen LogP contribution is -2.39. The molecule has 0 saturated carbocycles. The maximum Gasteiger partial charge on any atom is 0.167 e. The highest BCUT2D eigenvalue weighted by molar-refractivity contribution is 6.29. The summed E-state index contributed by atoms with van der Waals surface area (Å²) in [5, 5.41) is 8.41. The molecule has 2 aromatic rings. The first-order chi connectivity index (χ1) is 12.0. The Hall–Kier alpha value is -2.14. The van der Waals surface area contributed by atoms with E-state index in [2.05, 4.69) is 15.1 Å². The maximum absolute atomic E-state index is 13.0. The minimum atomic E-state index is -0.0431. The fraction of sp³-hybridized carbons (Fsp3) is 0.421. The number of hydrogen-bond donors (Lipinski definition) is 0. The first-order valence-electron chi connectivity index (χ1n) is 8.43. The fourth-order valence-corrected chi connectivity index (χ4v) is 3.63. The lowest BCUT2D eigenvalue weighted by Gasteiger charge is -2.32. The van der Waals surface area contributed by atoms with Gasteiger partial charge in [0.2, 0.25) is 0 Å². The molecule has 5 nitrogen and oxygen atoms in total. The van der Waals surface area contributed by atoms with Crippen LogP contribution in [0.2, 0.25) is 5.15 Å². The van der Waals surface area contributed by atoms with Gasteiger partial charge >= 0.3 is 0 Å². The van der Waals surface area contributed by atoms with Crippen LogP contribution in [0.25, 0.3) is 0 Å². The summed E-state index contributed by atoms with van der Waals surface area (Å²) in [4.78, 5) is 15.1. The minimum Gasteiger partial charge on any atom is -0.496 e. The van der Waals surface area contributed by atoms with Gasteiger partial charge in [-0.25, -0.2) is 0 Å². The van der Waals surface area contributed by atoms with Crippen LogP contribution in [0, 0.1) is 19.8 Å². The van der Waals surface area contributed by atoms with Crippen molar-refractivity contribution in [1.29, 1.82) is 0 Å². The Morgan fingerprint density at radius 3 is 2.56 bits per heavy atom. The third-order valence-corrected chi connectivity index (χ3v) is 4.88. The Bertz CT molecular complexity index is 754. The quantitative estimate of drug-likeness (QED) is 0.776. The van der Waals surface area contributed by atoms with Crippen LogP contribution in [0.4, 0.5) is 5.82 Å². The number of aromatic nitrogens is 2. The Labute approximate surface area is 153 Å². The zero-order chi connectivity index (χ0) is 18.0.